The molecule has 5 heteroatoms. The predicted molar refractivity (Wildman–Crippen MR) is 83.6 cm³/mol. The van der Waals surface area contributed by atoms with Crippen molar-refractivity contribution < 1.29 is 5.11 Å². The Kier molecular flexibility index (Phi) is 2.80. The highest BCUT2D eigenvalue weighted by Gasteiger charge is 2.43. The Morgan fingerprint density at radius 3 is 2.85 bits per heavy atom. The van der Waals surface area contributed by atoms with Gasteiger partial charge in [0.2, 0.25) is 0 Å². The molecule has 0 aromatic carbocycles. The zero-order chi connectivity index (χ0) is 13.9. The van der Waals surface area contributed by atoms with E-state index in [4.69, 9.17) is 4.99 Å². The van der Waals surface area contributed by atoms with Gasteiger partial charge in [0, 0.05) is 5.92 Å². The van der Waals surface area contributed by atoms with Gasteiger partial charge in [-0.2, -0.15) is 0 Å². The summed E-state index contributed by atoms with van der Waals surface area (Å²) in [5.74, 6) is 2.01. The van der Waals surface area contributed by atoms with Crippen LogP contribution in [-0.2, 0) is 0 Å². The minimum absolute atomic E-state index is 0.249. The first kappa shape index (κ1) is 12.9. The number of fused-ring (bicyclic) bond motifs is 1. The fraction of sp³-hybridized carbons (Fsp3) is 0.733. The number of aromatic nitrogens is 2. The largest absolute Gasteiger partial charge is 0.382 e. The number of rotatable bonds is 3. The van der Waals surface area contributed by atoms with Crippen molar-refractivity contribution in [3.8, 4) is 0 Å². The van der Waals surface area contributed by atoms with Crippen molar-refractivity contribution in [2.45, 2.75) is 51.4 Å². The van der Waals surface area contributed by atoms with Gasteiger partial charge in [0.25, 0.3) is 0 Å². The van der Waals surface area contributed by atoms with Crippen LogP contribution in [0.5, 0.6) is 0 Å². The Morgan fingerprint density at radius 2 is 2.20 bits per heavy atom. The Hall–Kier alpha value is -0.810. The maximum Gasteiger partial charge on any atom is 0.162 e. The second-order valence-corrected chi connectivity index (χ2v) is 9.37. The standard InChI is InChI=1S/C15H23N3OS/c1-15(2)6-5-11(7-15)14(19)20-13(10-3-4-10)17-12-8-16-9-18(12)20/h8-11,14,19-20H,3-7H2,1-2H3/t11-,14+/m1/s1. The number of aliphatic hydroxyl groups is 1. The molecule has 20 heavy (non-hydrogen) atoms. The second-order valence-electron chi connectivity index (χ2n) is 7.27. The molecule has 0 amide bonds. The van der Waals surface area contributed by atoms with Gasteiger partial charge in [0.05, 0.1) is 11.2 Å². The molecule has 1 aromatic heterocycles. The van der Waals surface area contributed by atoms with Gasteiger partial charge in [-0.3, -0.25) is 3.97 Å². The number of nitrogens with zero attached hydrogens (tertiary/aromatic N) is 3. The van der Waals surface area contributed by atoms with E-state index in [1.165, 1.54) is 24.3 Å². The third kappa shape index (κ3) is 2.02. The Morgan fingerprint density at radius 1 is 1.40 bits per heavy atom. The fourth-order valence-electron chi connectivity index (χ4n) is 3.63. The van der Waals surface area contributed by atoms with Crippen LogP contribution in [0.4, 0.5) is 5.82 Å². The molecule has 1 unspecified atom stereocenters. The highest BCUT2D eigenvalue weighted by molar-refractivity contribution is 8.29. The maximum absolute atomic E-state index is 11.0. The molecule has 1 aliphatic heterocycles. The van der Waals surface area contributed by atoms with Crippen molar-refractivity contribution in [3.05, 3.63) is 12.5 Å². The van der Waals surface area contributed by atoms with Gasteiger partial charge in [0.15, 0.2) is 5.82 Å². The summed E-state index contributed by atoms with van der Waals surface area (Å²) < 4.78 is 2.15. The zero-order valence-corrected chi connectivity index (χ0v) is 13.1. The molecule has 1 N–H and O–H groups in total. The van der Waals surface area contributed by atoms with Crippen LogP contribution in [0.15, 0.2) is 17.5 Å². The number of imidazole rings is 1. The molecule has 0 spiro atoms. The van der Waals surface area contributed by atoms with E-state index in [-0.39, 0.29) is 5.44 Å². The normalized spacial score (nSPS) is 34.9. The van der Waals surface area contributed by atoms with Crippen LogP contribution in [0, 0.1) is 17.3 Å². The lowest BCUT2D eigenvalue weighted by Gasteiger charge is -2.31. The van der Waals surface area contributed by atoms with Crippen molar-refractivity contribution in [1.29, 1.82) is 0 Å². The van der Waals surface area contributed by atoms with Gasteiger partial charge in [0.1, 0.15) is 11.8 Å². The third-order valence-electron chi connectivity index (χ3n) is 4.92. The highest BCUT2D eigenvalue weighted by Crippen LogP contribution is 2.56. The van der Waals surface area contributed by atoms with E-state index < -0.39 is 11.1 Å². The van der Waals surface area contributed by atoms with Crippen molar-refractivity contribution in [2.24, 2.45) is 22.2 Å². The molecule has 0 saturated heterocycles. The van der Waals surface area contributed by atoms with Crippen molar-refractivity contribution in [2.75, 3.05) is 0 Å². The van der Waals surface area contributed by atoms with Crippen LogP contribution >= 0.6 is 11.1 Å². The summed E-state index contributed by atoms with van der Waals surface area (Å²) in [4.78, 5) is 8.98. The quantitative estimate of drug-likeness (QED) is 0.841. The first-order valence-electron chi connectivity index (χ1n) is 7.64. The average molecular weight is 293 g/mol. The number of hydrogen-bond acceptors (Lipinski definition) is 3. The van der Waals surface area contributed by atoms with E-state index in [2.05, 4.69) is 22.8 Å². The van der Waals surface area contributed by atoms with Gasteiger partial charge < -0.3 is 5.11 Å². The highest BCUT2D eigenvalue weighted by atomic mass is 32.2. The SMILES string of the molecule is CC1(C)CC[C@@H]([C@@H](O)[SH]2C(C3CC3)=Nc3cncn32)C1. The number of hydrogen-bond donors (Lipinski definition) is 2. The van der Waals surface area contributed by atoms with Crippen LogP contribution < -0.4 is 0 Å². The lowest BCUT2D eigenvalue weighted by atomic mass is 9.91. The molecular weight excluding hydrogens is 270 g/mol. The van der Waals surface area contributed by atoms with Crippen LogP contribution in [0.3, 0.4) is 0 Å². The molecule has 2 saturated carbocycles. The molecule has 1 aromatic rings. The van der Waals surface area contributed by atoms with Crippen LogP contribution in [0.25, 0.3) is 0 Å². The topological polar surface area (TPSA) is 50.4 Å². The van der Waals surface area contributed by atoms with E-state index in [0.717, 1.165) is 18.7 Å². The summed E-state index contributed by atoms with van der Waals surface area (Å²) in [5.41, 5.74) is 0.136. The summed E-state index contributed by atoms with van der Waals surface area (Å²) >= 11 is -0.718. The number of thiol groups is 1. The molecule has 0 bridgehead atoms. The monoisotopic (exact) mass is 293 g/mol. The minimum atomic E-state index is -0.718. The number of aliphatic hydroxyl groups excluding tert-OH is 1. The van der Waals surface area contributed by atoms with Crippen LogP contribution in [0.2, 0.25) is 0 Å². The molecule has 3 atom stereocenters. The van der Waals surface area contributed by atoms with Gasteiger partial charge >= 0.3 is 0 Å². The predicted octanol–water partition coefficient (Wildman–Crippen LogP) is 3.25. The molecule has 110 valence electrons. The second kappa shape index (κ2) is 4.34. The van der Waals surface area contributed by atoms with E-state index in [0.29, 0.717) is 17.3 Å². The maximum atomic E-state index is 11.0. The van der Waals surface area contributed by atoms with Gasteiger partial charge in [-0.05, 0) is 43.4 Å². The summed E-state index contributed by atoms with van der Waals surface area (Å²) in [6, 6.07) is 0. The van der Waals surface area contributed by atoms with Gasteiger partial charge in [-0.25, -0.2) is 9.98 Å². The lowest BCUT2D eigenvalue weighted by Crippen LogP contribution is -2.25. The summed E-state index contributed by atoms with van der Waals surface area (Å²) in [6.07, 6.45) is 9.70. The molecule has 2 heterocycles. The molecule has 2 fully saturated rings. The van der Waals surface area contributed by atoms with Crippen molar-refractivity contribution in [3.63, 3.8) is 0 Å². The average Bonchev–Trinajstić information content (AvgIpc) is 2.86. The third-order valence-corrected chi connectivity index (χ3v) is 7.55. The van der Waals surface area contributed by atoms with E-state index >= 15 is 0 Å². The van der Waals surface area contributed by atoms with Crippen molar-refractivity contribution in [1.82, 2.24) is 8.96 Å². The molecule has 4 nitrogen and oxygen atoms in total. The molecular formula is C15H23N3OS. The van der Waals surface area contributed by atoms with E-state index in [1.807, 2.05) is 12.5 Å². The van der Waals surface area contributed by atoms with Crippen LogP contribution in [-0.4, -0.2) is 24.5 Å². The van der Waals surface area contributed by atoms with E-state index in [9.17, 15) is 5.11 Å². The van der Waals surface area contributed by atoms with E-state index in [1.54, 1.807) is 0 Å². The first-order valence-corrected chi connectivity index (χ1v) is 9.00. The van der Waals surface area contributed by atoms with Gasteiger partial charge in [-0.1, -0.05) is 13.8 Å². The first-order chi connectivity index (χ1) is 9.55. The van der Waals surface area contributed by atoms with Crippen LogP contribution in [0.1, 0.15) is 46.0 Å². The Bertz CT molecular complexity index is 561. The summed E-state index contributed by atoms with van der Waals surface area (Å²) in [6.45, 7) is 4.64. The molecule has 3 aliphatic rings. The Labute approximate surface area is 122 Å². The fourth-order valence-corrected chi connectivity index (χ4v) is 6.36. The molecule has 4 rings (SSSR count). The smallest absolute Gasteiger partial charge is 0.162 e. The summed E-state index contributed by atoms with van der Waals surface area (Å²) in [5, 5.41) is 12.3. The molecule has 0 radical (unpaired) electrons. The minimum Gasteiger partial charge on any atom is -0.382 e. The Balaban J connectivity index is 1.62. The zero-order valence-electron chi connectivity index (χ0n) is 12.2. The van der Waals surface area contributed by atoms with Gasteiger partial charge in [-0.15, -0.1) is 11.1 Å². The molecule has 2 aliphatic carbocycles. The lowest BCUT2D eigenvalue weighted by molar-refractivity contribution is 0.183. The van der Waals surface area contributed by atoms with Crippen molar-refractivity contribution >= 4 is 21.9 Å². The summed E-state index contributed by atoms with van der Waals surface area (Å²) in [7, 11) is 0. The number of aliphatic imine (C=N–C) groups is 1.